The average molecular weight is 385 g/mol. The minimum Gasteiger partial charge on any atom is -0.390 e. The van der Waals surface area contributed by atoms with Crippen molar-refractivity contribution in [2.24, 2.45) is 0 Å². The number of rotatable bonds is 3. The summed E-state index contributed by atoms with van der Waals surface area (Å²) in [5.41, 5.74) is -0.0806. The lowest BCUT2D eigenvalue weighted by Gasteiger charge is -2.23. The lowest BCUT2D eigenvalue weighted by atomic mass is 9.94. The van der Waals surface area contributed by atoms with E-state index in [1.165, 1.54) is 6.07 Å². The smallest absolute Gasteiger partial charge is 0.390 e. The van der Waals surface area contributed by atoms with Crippen molar-refractivity contribution in [2.75, 3.05) is 0 Å². The molecular weight excluding hydrogens is 367 g/mol. The van der Waals surface area contributed by atoms with E-state index in [0.717, 1.165) is 12.3 Å². The lowest BCUT2D eigenvalue weighted by molar-refractivity contribution is -0.141. The molecule has 1 amide bonds. The predicted molar refractivity (Wildman–Crippen MR) is 85.8 cm³/mol. The second-order valence-electron chi connectivity index (χ2n) is 6.57. The number of aromatic nitrogens is 2. The number of nitrogens with zero attached hydrogens (tertiary/aromatic N) is 2. The number of aryl methyl sites for hydroxylation is 2. The molecule has 27 heavy (non-hydrogen) atoms. The van der Waals surface area contributed by atoms with Gasteiger partial charge in [0.25, 0.3) is 5.91 Å². The zero-order valence-corrected chi connectivity index (χ0v) is 14.5. The van der Waals surface area contributed by atoms with Crippen LogP contribution in [0, 0.1) is 13.8 Å². The molecule has 2 aromatic heterocycles. The van der Waals surface area contributed by atoms with E-state index in [9.17, 15) is 28.2 Å². The summed E-state index contributed by atoms with van der Waals surface area (Å²) in [5.74, 6) is -0.853. The number of halogens is 3. The number of hydrogen-bond donors (Lipinski definition) is 3. The minimum atomic E-state index is -4.57. The Labute approximate surface area is 152 Å². The Bertz CT molecular complexity index is 815. The maximum absolute atomic E-state index is 12.7. The molecule has 1 saturated carbocycles. The highest BCUT2D eigenvalue weighted by Gasteiger charge is 2.44. The van der Waals surface area contributed by atoms with Crippen LogP contribution in [0.25, 0.3) is 0 Å². The van der Waals surface area contributed by atoms with Crippen LogP contribution < -0.4 is 5.32 Å². The Morgan fingerprint density at radius 3 is 2.52 bits per heavy atom. The quantitative estimate of drug-likeness (QED) is 0.742. The monoisotopic (exact) mass is 385 g/mol. The zero-order valence-electron chi connectivity index (χ0n) is 14.5. The van der Waals surface area contributed by atoms with Gasteiger partial charge >= 0.3 is 6.18 Å². The van der Waals surface area contributed by atoms with Crippen LogP contribution in [0.15, 0.2) is 22.9 Å². The van der Waals surface area contributed by atoms with Crippen molar-refractivity contribution in [1.82, 2.24) is 15.5 Å². The first-order chi connectivity index (χ1) is 12.6. The van der Waals surface area contributed by atoms with Gasteiger partial charge < -0.3 is 20.1 Å². The molecule has 7 nitrogen and oxygen atoms in total. The topological polar surface area (TPSA) is 108 Å². The van der Waals surface area contributed by atoms with Crippen molar-refractivity contribution < 1.29 is 32.7 Å². The van der Waals surface area contributed by atoms with Gasteiger partial charge in [-0.3, -0.25) is 9.78 Å². The SMILES string of the molecule is Cc1noc(C)c1C(=O)N[C@H]1[C@H](O)[C@H](O)C[C@@H]1c1ccc(C(F)(F)F)nc1. The summed E-state index contributed by atoms with van der Waals surface area (Å²) in [5, 5.41) is 26.6. The molecule has 0 spiro atoms. The van der Waals surface area contributed by atoms with Gasteiger partial charge in [-0.05, 0) is 31.9 Å². The maximum atomic E-state index is 12.7. The molecule has 0 radical (unpaired) electrons. The molecule has 2 heterocycles. The van der Waals surface area contributed by atoms with Crippen LogP contribution >= 0.6 is 0 Å². The van der Waals surface area contributed by atoms with Crippen LogP contribution in [0.5, 0.6) is 0 Å². The maximum Gasteiger partial charge on any atom is 0.433 e. The number of carbonyl (C=O) groups excluding carboxylic acids is 1. The van der Waals surface area contributed by atoms with Crippen molar-refractivity contribution in [3.8, 4) is 0 Å². The lowest BCUT2D eigenvalue weighted by Crippen LogP contribution is -2.45. The van der Waals surface area contributed by atoms with Crippen LogP contribution in [-0.2, 0) is 6.18 Å². The Balaban J connectivity index is 1.85. The highest BCUT2D eigenvalue weighted by molar-refractivity contribution is 5.96. The van der Waals surface area contributed by atoms with Crippen molar-refractivity contribution in [1.29, 1.82) is 0 Å². The van der Waals surface area contributed by atoms with Gasteiger partial charge in [-0.25, -0.2) is 0 Å². The molecule has 1 aliphatic carbocycles. The average Bonchev–Trinajstić information content (AvgIpc) is 3.07. The van der Waals surface area contributed by atoms with E-state index in [4.69, 9.17) is 4.52 Å². The molecule has 0 bridgehead atoms. The molecule has 0 aliphatic heterocycles. The molecule has 146 valence electrons. The zero-order chi connectivity index (χ0) is 19.9. The molecule has 10 heteroatoms. The summed E-state index contributed by atoms with van der Waals surface area (Å²) in [6.45, 7) is 3.15. The van der Waals surface area contributed by atoms with Gasteiger partial charge in [0.1, 0.15) is 23.1 Å². The summed E-state index contributed by atoms with van der Waals surface area (Å²) in [7, 11) is 0. The van der Waals surface area contributed by atoms with Gasteiger partial charge in [0, 0.05) is 12.1 Å². The molecule has 2 aromatic rings. The van der Waals surface area contributed by atoms with Crippen molar-refractivity contribution >= 4 is 5.91 Å². The van der Waals surface area contributed by atoms with Gasteiger partial charge in [-0.2, -0.15) is 13.2 Å². The first-order valence-corrected chi connectivity index (χ1v) is 8.22. The normalized spacial score (nSPS) is 25.6. The van der Waals surface area contributed by atoms with Gasteiger partial charge in [0.15, 0.2) is 0 Å². The van der Waals surface area contributed by atoms with Gasteiger partial charge in [-0.15, -0.1) is 0 Å². The summed E-state index contributed by atoms with van der Waals surface area (Å²) in [4.78, 5) is 16.0. The largest absolute Gasteiger partial charge is 0.433 e. The van der Waals surface area contributed by atoms with Crippen molar-refractivity contribution in [3.63, 3.8) is 0 Å². The number of amides is 1. The summed E-state index contributed by atoms with van der Waals surface area (Å²) >= 11 is 0. The van der Waals surface area contributed by atoms with Crippen LogP contribution in [-0.4, -0.2) is 44.5 Å². The first-order valence-electron chi connectivity index (χ1n) is 8.22. The van der Waals surface area contributed by atoms with Crippen LogP contribution in [0.4, 0.5) is 13.2 Å². The number of carbonyl (C=O) groups is 1. The Morgan fingerprint density at radius 2 is 2.00 bits per heavy atom. The molecule has 0 aromatic carbocycles. The molecule has 1 fully saturated rings. The predicted octanol–water partition coefficient (Wildman–Crippen LogP) is 1.71. The van der Waals surface area contributed by atoms with E-state index in [1.54, 1.807) is 13.8 Å². The van der Waals surface area contributed by atoms with Gasteiger partial charge in [-0.1, -0.05) is 11.2 Å². The molecule has 0 unspecified atom stereocenters. The number of aliphatic hydroxyl groups is 2. The summed E-state index contributed by atoms with van der Waals surface area (Å²) in [6, 6.07) is 1.17. The van der Waals surface area contributed by atoms with Crippen LogP contribution in [0.2, 0.25) is 0 Å². The standard InChI is InChI=1S/C17H18F3N3O4/c1-7-13(8(2)27-23-7)16(26)22-14-10(5-11(24)15(14)25)9-3-4-12(21-6-9)17(18,19)20/h3-4,6,10-11,14-15,24-25H,5H2,1-2H3,(H,22,26)/t10-,11-,14-,15-/m1/s1. The van der Waals surface area contributed by atoms with E-state index < -0.39 is 41.9 Å². The molecule has 0 saturated heterocycles. The number of alkyl halides is 3. The fourth-order valence-corrected chi connectivity index (χ4v) is 3.38. The third kappa shape index (κ3) is 3.67. The number of pyridine rings is 1. The van der Waals surface area contributed by atoms with Gasteiger partial charge in [0.05, 0.1) is 17.8 Å². The molecule has 4 atom stereocenters. The number of hydrogen-bond acceptors (Lipinski definition) is 6. The van der Waals surface area contributed by atoms with E-state index >= 15 is 0 Å². The van der Waals surface area contributed by atoms with E-state index in [0.29, 0.717) is 17.0 Å². The highest BCUT2D eigenvalue weighted by Crippen LogP contribution is 2.36. The van der Waals surface area contributed by atoms with Crippen molar-refractivity contribution in [2.45, 2.75) is 50.6 Å². The fourth-order valence-electron chi connectivity index (χ4n) is 3.38. The Kier molecular flexibility index (Phi) is 4.96. The second kappa shape index (κ2) is 6.93. The van der Waals surface area contributed by atoms with E-state index in [-0.39, 0.29) is 12.0 Å². The van der Waals surface area contributed by atoms with E-state index in [1.807, 2.05) is 0 Å². The van der Waals surface area contributed by atoms with Crippen molar-refractivity contribution in [3.05, 3.63) is 46.6 Å². The van der Waals surface area contributed by atoms with Crippen LogP contribution in [0.1, 0.15) is 45.4 Å². The Hall–Kier alpha value is -2.46. The third-order valence-electron chi connectivity index (χ3n) is 4.75. The summed E-state index contributed by atoms with van der Waals surface area (Å²) in [6.07, 6.45) is -5.85. The summed E-state index contributed by atoms with van der Waals surface area (Å²) < 4.78 is 43.0. The fraction of sp³-hybridized carbons (Fsp3) is 0.471. The molecule has 3 N–H and O–H groups in total. The van der Waals surface area contributed by atoms with Gasteiger partial charge in [0.2, 0.25) is 0 Å². The second-order valence-corrected chi connectivity index (χ2v) is 6.57. The first kappa shape index (κ1) is 19.3. The minimum absolute atomic E-state index is 0.0702. The number of aliphatic hydroxyl groups excluding tert-OH is 2. The highest BCUT2D eigenvalue weighted by atomic mass is 19.4. The number of nitrogens with one attached hydrogen (secondary N) is 1. The Morgan fingerprint density at radius 1 is 1.30 bits per heavy atom. The third-order valence-corrected chi connectivity index (χ3v) is 4.75. The van der Waals surface area contributed by atoms with Crippen LogP contribution in [0.3, 0.4) is 0 Å². The molecular formula is C17H18F3N3O4. The molecule has 1 aliphatic rings. The van der Waals surface area contributed by atoms with E-state index in [2.05, 4.69) is 15.5 Å². The molecule has 3 rings (SSSR count).